The molecule has 0 amide bonds. The standard InChI is InChI=1S/C15H15ClFNO/c1-10(18)8-13-14(16)6-3-7-15(13)19-12-5-2-4-11(17)9-12/h2-7,9-10H,8,18H2,1H3. The fourth-order valence-electron chi connectivity index (χ4n) is 1.81. The Morgan fingerprint density at radius 3 is 2.68 bits per heavy atom. The van der Waals surface area contributed by atoms with Gasteiger partial charge in [0.25, 0.3) is 0 Å². The van der Waals surface area contributed by atoms with Crippen LogP contribution in [-0.4, -0.2) is 6.04 Å². The summed E-state index contributed by atoms with van der Waals surface area (Å²) in [5.41, 5.74) is 6.64. The van der Waals surface area contributed by atoms with Gasteiger partial charge in [0.2, 0.25) is 0 Å². The van der Waals surface area contributed by atoms with Gasteiger partial charge in [-0.3, -0.25) is 0 Å². The largest absolute Gasteiger partial charge is 0.457 e. The topological polar surface area (TPSA) is 35.2 Å². The van der Waals surface area contributed by atoms with Crippen molar-refractivity contribution in [3.05, 3.63) is 58.9 Å². The maximum Gasteiger partial charge on any atom is 0.132 e. The van der Waals surface area contributed by atoms with Crippen molar-refractivity contribution < 1.29 is 9.13 Å². The second-order valence-corrected chi connectivity index (χ2v) is 4.86. The Labute approximate surface area is 117 Å². The first kappa shape index (κ1) is 13.8. The van der Waals surface area contributed by atoms with Gasteiger partial charge < -0.3 is 10.5 Å². The highest BCUT2D eigenvalue weighted by Crippen LogP contribution is 2.31. The van der Waals surface area contributed by atoms with E-state index in [-0.39, 0.29) is 11.9 Å². The highest BCUT2D eigenvalue weighted by atomic mass is 35.5. The molecular formula is C15H15ClFNO. The van der Waals surface area contributed by atoms with Crippen LogP contribution >= 0.6 is 11.6 Å². The zero-order valence-electron chi connectivity index (χ0n) is 10.6. The maximum atomic E-state index is 13.1. The second-order valence-electron chi connectivity index (χ2n) is 4.46. The smallest absolute Gasteiger partial charge is 0.132 e. The molecule has 1 atom stereocenters. The Balaban J connectivity index is 2.31. The molecule has 2 aromatic carbocycles. The van der Waals surface area contributed by atoms with Gasteiger partial charge in [0.1, 0.15) is 17.3 Å². The minimum Gasteiger partial charge on any atom is -0.457 e. The molecule has 19 heavy (non-hydrogen) atoms. The molecule has 0 heterocycles. The summed E-state index contributed by atoms with van der Waals surface area (Å²) in [6.07, 6.45) is 0.602. The average molecular weight is 280 g/mol. The van der Waals surface area contributed by atoms with Crippen LogP contribution in [0.5, 0.6) is 11.5 Å². The summed E-state index contributed by atoms with van der Waals surface area (Å²) in [5.74, 6) is 0.705. The normalized spacial score (nSPS) is 12.2. The van der Waals surface area contributed by atoms with Crippen molar-refractivity contribution in [3.8, 4) is 11.5 Å². The van der Waals surface area contributed by atoms with Crippen molar-refractivity contribution in [2.24, 2.45) is 5.73 Å². The van der Waals surface area contributed by atoms with E-state index >= 15 is 0 Å². The third-order valence-corrected chi connectivity index (χ3v) is 2.98. The summed E-state index contributed by atoms with van der Waals surface area (Å²) in [4.78, 5) is 0. The number of hydrogen-bond donors (Lipinski definition) is 1. The Bertz CT molecular complexity index is 572. The van der Waals surface area contributed by atoms with E-state index in [0.29, 0.717) is 22.9 Å². The van der Waals surface area contributed by atoms with Gasteiger partial charge in [-0.05, 0) is 37.6 Å². The maximum absolute atomic E-state index is 13.1. The van der Waals surface area contributed by atoms with Crippen molar-refractivity contribution in [2.75, 3.05) is 0 Å². The number of rotatable bonds is 4. The molecule has 0 fully saturated rings. The predicted molar refractivity (Wildman–Crippen MR) is 75.3 cm³/mol. The van der Waals surface area contributed by atoms with Crippen LogP contribution in [0.25, 0.3) is 0 Å². The zero-order valence-corrected chi connectivity index (χ0v) is 11.3. The van der Waals surface area contributed by atoms with E-state index in [2.05, 4.69) is 0 Å². The number of halogens is 2. The van der Waals surface area contributed by atoms with Crippen LogP contribution in [0.4, 0.5) is 4.39 Å². The molecule has 2 rings (SSSR count). The zero-order chi connectivity index (χ0) is 13.8. The molecule has 0 spiro atoms. The fraction of sp³-hybridized carbons (Fsp3) is 0.200. The molecule has 0 aliphatic carbocycles. The fourth-order valence-corrected chi connectivity index (χ4v) is 2.06. The van der Waals surface area contributed by atoms with Crippen molar-refractivity contribution in [1.82, 2.24) is 0 Å². The molecule has 0 saturated carbocycles. The lowest BCUT2D eigenvalue weighted by molar-refractivity contribution is 0.468. The third-order valence-electron chi connectivity index (χ3n) is 2.63. The quantitative estimate of drug-likeness (QED) is 0.912. The molecule has 0 saturated heterocycles. The van der Waals surface area contributed by atoms with E-state index in [9.17, 15) is 4.39 Å². The SMILES string of the molecule is CC(N)Cc1c(Cl)cccc1Oc1cccc(F)c1. The molecule has 0 bridgehead atoms. The van der Waals surface area contributed by atoms with Gasteiger partial charge in [0, 0.05) is 22.7 Å². The number of ether oxygens (including phenoxy) is 1. The lowest BCUT2D eigenvalue weighted by Gasteiger charge is -2.14. The lowest BCUT2D eigenvalue weighted by Crippen LogP contribution is -2.18. The average Bonchev–Trinajstić information content (AvgIpc) is 2.33. The molecule has 2 nitrogen and oxygen atoms in total. The number of hydrogen-bond acceptors (Lipinski definition) is 2. The van der Waals surface area contributed by atoms with E-state index in [1.54, 1.807) is 30.3 Å². The first-order chi connectivity index (χ1) is 9.06. The Kier molecular flexibility index (Phi) is 4.40. The van der Waals surface area contributed by atoms with Gasteiger partial charge >= 0.3 is 0 Å². The monoisotopic (exact) mass is 279 g/mol. The van der Waals surface area contributed by atoms with Gasteiger partial charge in [0.05, 0.1) is 0 Å². The summed E-state index contributed by atoms with van der Waals surface area (Å²) in [7, 11) is 0. The van der Waals surface area contributed by atoms with Crippen molar-refractivity contribution in [1.29, 1.82) is 0 Å². The molecule has 2 N–H and O–H groups in total. The molecule has 0 aliphatic heterocycles. The van der Waals surface area contributed by atoms with Crippen LogP contribution in [0.1, 0.15) is 12.5 Å². The number of nitrogens with two attached hydrogens (primary N) is 1. The first-order valence-corrected chi connectivity index (χ1v) is 6.40. The number of benzene rings is 2. The Hall–Kier alpha value is -1.58. The minimum atomic E-state index is -0.340. The predicted octanol–water partition coefficient (Wildman–Crippen LogP) is 4.16. The molecule has 2 aromatic rings. The van der Waals surface area contributed by atoms with Crippen LogP contribution in [0, 0.1) is 5.82 Å². The van der Waals surface area contributed by atoms with Crippen LogP contribution in [-0.2, 0) is 6.42 Å². The van der Waals surface area contributed by atoms with E-state index < -0.39 is 0 Å². The van der Waals surface area contributed by atoms with Crippen molar-refractivity contribution >= 4 is 11.6 Å². The first-order valence-electron chi connectivity index (χ1n) is 6.02. The Morgan fingerprint density at radius 1 is 1.26 bits per heavy atom. The Morgan fingerprint density at radius 2 is 2.00 bits per heavy atom. The van der Waals surface area contributed by atoms with Gasteiger partial charge in [-0.1, -0.05) is 23.7 Å². The molecular weight excluding hydrogens is 265 g/mol. The highest BCUT2D eigenvalue weighted by Gasteiger charge is 2.11. The van der Waals surface area contributed by atoms with Crippen LogP contribution in [0.2, 0.25) is 5.02 Å². The van der Waals surface area contributed by atoms with Crippen LogP contribution < -0.4 is 10.5 Å². The molecule has 1 unspecified atom stereocenters. The van der Waals surface area contributed by atoms with Crippen LogP contribution in [0.3, 0.4) is 0 Å². The van der Waals surface area contributed by atoms with E-state index in [1.807, 2.05) is 6.92 Å². The molecule has 0 radical (unpaired) electrons. The van der Waals surface area contributed by atoms with Crippen molar-refractivity contribution in [2.45, 2.75) is 19.4 Å². The second kappa shape index (κ2) is 6.04. The van der Waals surface area contributed by atoms with E-state index in [0.717, 1.165) is 5.56 Å². The summed E-state index contributed by atoms with van der Waals surface area (Å²) in [6, 6.07) is 11.3. The highest BCUT2D eigenvalue weighted by molar-refractivity contribution is 6.31. The van der Waals surface area contributed by atoms with E-state index in [4.69, 9.17) is 22.1 Å². The summed E-state index contributed by atoms with van der Waals surface area (Å²) < 4.78 is 18.8. The summed E-state index contributed by atoms with van der Waals surface area (Å²) in [5, 5.41) is 0.603. The van der Waals surface area contributed by atoms with E-state index in [1.165, 1.54) is 12.1 Å². The van der Waals surface area contributed by atoms with Gasteiger partial charge in [0.15, 0.2) is 0 Å². The van der Waals surface area contributed by atoms with Crippen molar-refractivity contribution in [3.63, 3.8) is 0 Å². The molecule has 0 aliphatic rings. The summed E-state index contributed by atoms with van der Waals surface area (Å²) >= 11 is 6.16. The molecule has 100 valence electrons. The third kappa shape index (κ3) is 3.69. The minimum absolute atomic E-state index is 0.0326. The summed E-state index contributed by atoms with van der Waals surface area (Å²) in [6.45, 7) is 1.90. The van der Waals surface area contributed by atoms with Gasteiger partial charge in [-0.15, -0.1) is 0 Å². The lowest BCUT2D eigenvalue weighted by atomic mass is 10.1. The molecule has 0 aromatic heterocycles. The van der Waals surface area contributed by atoms with Crippen LogP contribution in [0.15, 0.2) is 42.5 Å². The molecule has 4 heteroatoms. The van der Waals surface area contributed by atoms with Gasteiger partial charge in [-0.2, -0.15) is 0 Å². The van der Waals surface area contributed by atoms with Gasteiger partial charge in [-0.25, -0.2) is 4.39 Å².